The normalized spacial score (nSPS) is 13.1. The molecule has 0 aliphatic heterocycles. The number of aldehydes is 1. The van der Waals surface area contributed by atoms with Crippen LogP contribution in [0.1, 0.15) is 54.6 Å². The second-order valence-corrected chi connectivity index (χ2v) is 5.98. The molecule has 0 radical (unpaired) electrons. The van der Waals surface area contributed by atoms with Gasteiger partial charge >= 0.3 is 6.18 Å². The maximum absolute atomic E-state index is 13.1. The van der Waals surface area contributed by atoms with Crippen LogP contribution in [0.15, 0.2) is 24.3 Å². The molecule has 0 spiro atoms. The van der Waals surface area contributed by atoms with Crippen LogP contribution in [0.3, 0.4) is 0 Å². The lowest BCUT2D eigenvalue weighted by molar-refractivity contribution is -0.147. The Hall–Kier alpha value is -1.82. The monoisotopic (exact) mass is 358 g/mol. The van der Waals surface area contributed by atoms with Crippen molar-refractivity contribution in [2.24, 2.45) is 0 Å². The summed E-state index contributed by atoms with van der Waals surface area (Å²) >= 11 is 6.19. The van der Waals surface area contributed by atoms with Crippen LogP contribution >= 0.6 is 11.6 Å². The largest absolute Gasteiger partial charge is 0.397 e. The molecule has 0 saturated carbocycles. The molecule has 1 heterocycles. The van der Waals surface area contributed by atoms with E-state index in [1.54, 1.807) is 24.3 Å². The summed E-state index contributed by atoms with van der Waals surface area (Å²) in [6.45, 7) is 2.98. The van der Waals surface area contributed by atoms with Gasteiger partial charge in [0.1, 0.15) is 11.5 Å². The van der Waals surface area contributed by atoms with Crippen molar-refractivity contribution in [1.29, 1.82) is 0 Å². The minimum absolute atomic E-state index is 0.0981. The quantitative estimate of drug-likeness (QED) is 0.653. The lowest BCUT2D eigenvalue weighted by Crippen LogP contribution is -2.19. The molecule has 0 aliphatic rings. The van der Waals surface area contributed by atoms with E-state index in [2.05, 4.69) is 4.98 Å². The number of aromatic nitrogens is 2. The van der Waals surface area contributed by atoms with E-state index >= 15 is 0 Å². The van der Waals surface area contributed by atoms with Gasteiger partial charge in [-0.05, 0) is 25.5 Å². The van der Waals surface area contributed by atoms with E-state index in [0.717, 1.165) is 19.8 Å². The molecule has 24 heavy (non-hydrogen) atoms. The highest BCUT2D eigenvalue weighted by molar-refractivity contribution is 6.32. The van der Waals surface area contributed by atoms with Gasteiger partial charge in [0.25, 0.3) is 0 Å². The predicted molar refractivity (Wildman–Crippen MR) is 87.0 cm³/mol. The number of carbonyl (C=O) groups excluding carboxylic acids is 1. The van der Waals surface area contributed by atoms with Gasteiger partial charge < -0.3 is 0 Å². The number of rotatable bonds is 6. The Kier molecular flexibility index (Phi) is 5.70. The molecular weight excluding hydrogens is 341 g/mol. The topological polar surface area (TPSA) is 34.9 Å². The Morgan fingerprint density at radius 2 is 2.00 bits per heavy atom. The van der Waals surface area contributed by atoms with Gasteiger partial charge in [-0.3, -0.25) is 9.36 Å². The third-order valence-electron chi connectivity index (χ3n) is 3.87. The summed E-state index contributed by atoms with van der Waals surface area (Å²) in [6, 6.07) is 6.72. The lowest BCUT2D eigenvalue weighted by Gasteiger charge is -2.14. The fraction of sp³-hybridized carbons (Fsp3) is 0.412. The standard InChI is InChI=1S/C17H18ClF3N2O/c1-3-4-9-15-22-16(11(2)17(19,20)21)14(10-24)23(15)13-8-6-5-7-12(13)18/h5-8,10-11H,3-4,9H2,1-2H3. The first-order valence-electron chi connectivity index (χ1n) is 7.69. The number of para-hydroxylation sites is 1. The van der Waals surface area contributed by atoms with Crippen molar-refractivity contribution in [1.82, 2.24) is 9.55 Å². The zero-order valence-electron chi connectivity index (χ0n) is 13.4. The van der Waals surface area contributed by atoms with Crippen LogP contribution in [0.5, 0.6) is 0 Å². The highest BCUT2D eigenvalue weighted by Crippen LogP contribution is 2.37. The van der Waals surface area contributed by atoms with Gasteiger partial charge in [0, 0.05) is 6.42 Å². The summed E-state index contributed by atoms with van der Waals surface area (Å²) in [5, 5.41) is 0.349. The summed E-state index contributed by atoms with van der Waals surface area (Å²) in [5.41, 5.74) is 0.100. The van der Waals surface area contributed by atoms with Gasteiger partial charge in [0.15, 0.2) is 6.29 Å². The molecule has 1 atom stereocenters. The van der Waals surface area contributed by atoms with E-state index in [4.69, 9.17) is 11.6 Å². The number of aryl methyl sites for hydroxylation is 1. The van der Waals surface area contributed by atoms with E-state index < -0.39 is 12.1 Å². The number of hydrogen-bond acceptors (Lipinski definition) is 2. The Bertz CT molecular complexity index is 725. The van der Waals surface area contributed by atoms with Crippen molar-refractivity contribution in [3.05, 3.63) is 46.5 Å². The Labute approximate surface area is 143 Å². The number of benzene rings is 1. The van der Waals surface area contributed by atoms with Crippen molar-refractivity contribution in [2.45, 2.75) is 45.2 Å². The fourth-order valence-corrected chi connectivity index (χ4v) is 2.71. The van der Waals surface area contributed by atoms with Gasteiger partial charge in [0.2, 0.25) is 0 Å². The van der Waals surface area contributed by atoms with Crippen molar-refractivity contribution >= 4 is 17.9 Å². The second-order valence-electron chi connectivity index (χ2n) is 5.57. The van der Waals surface area contributed by atoms with Crippen LogP contribution in [-0.4, -0.2) is 22.0 Å². The first kappa shape index (κ1) is 18.5. The van der Waals surface area contributed by atoms with E-state index in [-0.39, 0.29) is 11.4 Å². The highest BCUT2D eigenvalue weighted by atomic mass is 35.5. The molecular formula is C17H18ClF3N2O. The van der Waals surface area contributed by atoms with Crippen LogP contribution in [0.25, 0.3) is 5.69 Å². The molecule has 1 unspecified atom stereocenters. The van der Waals surface area contributed by atoms with Crippen LogP contribution < -0.4 is 0 Å². The first-order chi connectivity index (χ1) is 11.3. The molecule has 130 valence electrons. The maximum atomic E-state index is 13.1. The van der Waals surface area contributed by atoms with Gasteiger partial charge in [-0.1, -0.05) is 37.1 Å². The number of imidazole rings is 1. The zero-order valence-corrected chi connectivity index (χ0v) is 14.2. The average molecular weight is 359 g/mol. The van der Waals surface area contributed by atoms with Crippen molar-refractivity contribution in [3.63, 3.8) is 0 Å². The van der Waals surface area contributed by atoms with Crippen molar-refractivity contribution in [2.75, 3.05) is 0 Å². The number of alkyl halides is 3. The summed E-state index contributed by atoms with van der Waals surface area (Å²) in [4.78, 5) is 15.7. The molecule has 3 nitrogen and oxygen atoms in total. The molecule has 7 heteroatoms. The summed E-state index contributed by atoms with van der Waals surface area (Å²) in [7, 11) is 0. The number of hydrogen-bond donors (Lipinski definition) is 0. The molecule has 0 fully saturated rings. The number of nitrogens with zero attached hydrogens (tertiary/aromatic N) is 2. The highest BCUT2D eigenvalue weighted by Gasteiger charge is 2.41. The maximum Gasteiger partial charge on any atom is 0.397 e. The molecule has 0 saturated heterocycles. The van der Waals surface area contributed by atoms with E-state index in [1.165, 1.54) is 4.57 Å². The van der Waals surface area contributed by atoms with E-state index in [9.17, 15) is 18.0 Å². The molecule has 1 aromatic heterocycles. The molecule has 1 aromatic carbocycles. The number of unbranched alkanes of at least 4 members (excludes halogenated alkanes) is 1. The molecule has 2 rings (SSSR count). The molecule has 2 aromatic rings. The van der Waals surface area contributed by atoms with Crippen LogP contribution in [0.2, 0.25) is 5.02 Å². The number of halogens is 4. The Morgan fingerprint density at radius 3 is 2.54 bits per heavy atom. The van der Waals surface area contributed by atoms with Crippen LogP contribution in [-0.2, 0) is 6.42 Å². The second kappa shape index (κ2) is 7.38. The molecule has 0 N–H and O–H groups in total. The van der Waals surface area contributed by atoms with Gasteiger partial charge in [0.05, 0.1) is 22.3 Å². The smallest absolute Gasteiger partial charge is 0.296 e. The molecule has 0 aliphatic carbocycles. The van der Waals surface area contributed by atoms with Crippen LogP contribution in [0, 0.1) is 0 Å². The third-order valence-corrected chi connectivity index (χ3v) is 4.19. The SMILES string of the molecule is CCCCc1nc(C(C)C(F)(F)F)c(C=O)n1-c1ccccc1Cl. The van der Waals surface area contributed by atoms with Gasteiger partial charge in [-0.15, -0.1) is 0 Å². The van der Waals surface area contributed by atoms with Gasteiger partial charge in [-0.2, -0.15) is 13.2 Å². The Balaban J connectivity index is 2.69. The van der Waals surface area contributed by atoms with Crippen LogP contribution in [0.4, 0.5) is 13.2 Å². The zero-order chi connectivity index (χ0) is 17.9. The summed E-state index contributed by atoms with van der Waals surface area (Å²) in [5.74, 6) is -1.42. The van der Waals surface area contributed by atoms with Gasteiger partial charge in [-0.25, -0.2) is 4.98 Å². The summed E-state index contributed by atoms with van der Waals surface area (Å²) < 4.78 is 40.9. The number of carbonyl (C=O) groups is 1. The van der Waals surface area contributed by atoms with Crippen molar-refractivity contribution < 1.29 is 18.0 Å². The lowest BCUT2D eigenvalue weighted by atomic mass is 10.1. The predicted octanol–water partition coefficient (Wildman–Crippen LogP) is 5.35. The first-order valence-corrected chi connectivity index (χ1v) is 8.07. The average Bonchev–Trinajstić information content (AvgIpc) is 2.89. The minimum Gasteiger partial charge on any atom is -0.296 e. The minimum atomic E-state index is -4.47. The fourth-order valence-electron chi connectivity index (χ4n) is 2.49. The van der Waals surface area contributed by atoms with E-state index in [1.807, 2.05) is 6.92 Å². The Morgan fingerprint density at radius 1 is 1.33 bits per heavy atom. The molecule has 0 bridgehead atoms. The summed E-state index contributed by atoms with van der Waals surface area (Å²) in [6.07, 6.45) is -1.98. The van der Waals surface area contributed by atoms with E-state index in [0.29, 0.717) is 29.2 Å². The molecule has 0 amide bonds. The third kappa shape index (κ3) is 3.64. The van der Waals surface area contributed by atoms with Crippen molar-refractivity contribution in [3.8, 4) is 5.69 Å².